The third kappa shape index (κ3) is 5.66. The molecule has 1 aliphatic heterocycles. The Kier molecular flexibility index (Phi) is 5.50. The molecule has 0 unspecified atom stereocenters. The zero-order valence-electron chi connectivity index (χ0n) is 11.3. The monoisotopic (exact) mass is 225 g/mol. The van der Waals surface area contributed by atoms with E-state index in [0.29, 0.717) is 0 Å². The maximum Gasteiger partial charge on any atom is 0.0471 e. The summed E-state index contributed by atoms with van der Waals surface area (Å²) in [5.41, 5.74) is 1.79. The third-order valence-corrected chi connectivity index (χ3v) is 3.13. The minimum absolute atomic E-state index is 0.237. The summed E-state index contributed by atoms with van der Waals surface area (Å²) in [5.74, 6) is 0.767. The van der Waals surface area contributed by atoms with Crippen molar-refractivity contribution in [2.24, 2.45) is 5.92 Å². The van der Waals surface area contributed by atoms with Gasteiger partial charge in [-0.15, -0.1) is 0 Å². The minimum atomic E-state index is 0.237. The second kappa shape index (κ2) is 6.41. The average molecular weight is 225 g/mol. The van der Waals surface area contributed by atoms with E-state index in [1.54, 1.807) is 5.57 Å². The van der Waals surface area contributed by atoms with Gasteiger partial charge in [-0.1, -0.05) is 11.6 Å². The molecule has 1 saturated heterocycles. The van der Waals surface area contributed by atoms with E-state index in [0.717, 1.165) is 32.1 Å². The Morgan fingerprint density at radius 3 is 2.50 bits per heavy atom. The van der Waals surface area contributed by atoms with Crippen LogP contribution in [0.15, 0.2) is 11.6 Å². The third-order valence-electron chi connectivity index (χ3n) is 3.13. The first-order valence-electron chi connectivity index (χ1n) is 6.48. The molecule has 2 heteroatoms. The summed E-state index contributed by atoms with van der Waals surface area (Å²) in [4.78, 5) is 0. The lowest BCUT2D eigenvalue weighted by atomic mass is 9.92. The highest BCUT2D eigenvalue weighted by molar-refractivity contribution is 5.04. The van der Waals surface area contributed by atoms with Crippen molar-refractivity contribution in [3.8, 4) is 0 Å². The van der Waals surface area contributed by atoms with Crippen LogP contribution in [0.4, 0.5) is 0 Å². The van der Waals surface area contributed by atoms with Gasteiger partial charge in [0.25, 0.3) is 0 Å². The number of nitrogens with one attached hydrogen (secondary N) is 1. The zero-order chi connectivity index (χ0) is 12.0. The van der Waals surface area contributed by atoms with Crippen molar-refractivity contribution in [2.45, 2.75) is 52.5 Å². The van der Waals surface area contributed by atoms with E-state index in [-0.39, 0.29) is 5.54 Å². The zero-order valence-corrected chi connectivity index (χ0v) is 11.3. The molecule has 2 nitrogen and oxygen atoms in total. The molecule has 0 spiro atoms. The maximum absolute atomic E-state index is 5.38. The molecule has 0 aromatic carbocycles. The van der Waals surface area contributed by atoms with Crippen molar-refractivity contribution in [3.05, 3.63) is 11.6 Å². The molecule has 1 N–H and O–H groups in total. The van der Waals surface area contributed by atoms with Gasteiger partial charge in [-0.3, -0.25) is 0 Å². The molecule has 0 saturated carbocycles. The van der Waals surface area contributed by atoms with Gasteiger partial charge in [0.05, 0.1) is 0 Å². The SMILES string of the molecule is CC(=CCCNC(C)(C)C)C1CCOCC1. The second-order valence-electron chi connectivity index (χ2n) is 5.80. The fourth-order valence-electron chi connectivity index (χ4n) is 2.07. The van der Waals surface area contributed by atoms with E-state index in [9.17, 15) is 0 Å². The van der Waals surface area contributed by atoms with E-state index in [1.165, 1.54) is 12.8 Å². The summed E-state index contributed by atoms with van der Waals surface area (Å²) in [5, 5.41) is 3.51. The van der Waals surface area contributed by atoms with Crippen LogP contribution >= 0.6 is 0 Å². The summed E-state index contributed by atoms with van der Waals surface area (Å²) in [6.07, 6.45) is 5.94. The predicted octanol–water partition coefficient (Wildman–Crippen LogP) is 3.14. The molecule has 16 heavy (non-hydrogen) atoms. The molecule has 1 fully saturated rings. The van der Waals surface area contributed by atoms with E-state index >= 15 is 0 Å². The lowest BCUT2D eigenvalue weighted by molar-refractivity contribution is 0.0757. The fourth-order valence-corrected chi connectivity index (χ4v) is 2.07. The predicted molar refractivity (Wildman–Crippen MR) is 69.7 cm³/mol. The first-order chi connectivity index (χ1) is 7.49. The Hall–Kier alpha value is -0.340. The van der Waals surface area contributed by atoms with Gasteiger partial charge in [0.15, 0.2) is 0 Å². The van der Waals surface area contributed by atoms with Gasteiger partial charge >= 0.3 is 0 Å². The largest absolute Gasteiger partial charge is 0.381 e. The quantitative estimate of drug-likeness (QED) is 0.586. The van der Waals surface area contributed by atoms with Crippen molar-refractivity contribution in [1.82, 2.24) is 5.32 Å². The van der Waals surface area contributed by atoms with Gasteiger partial charge in [0, 0.05) is 18.8 Å². The summed E-state index contributed by atoms with van der Waals surface area (Å²) in [6.45, 7) is 11.9. The Labute approximate surface area is 100 Å². The Bertz CT molecular complexity index is 221. The molecular formula is C14H27NO. The molecule has 0 aliphatic carbocycles. The number of allylic oxidation sites excluding steroid dienone is 1. The van der Waals surface area contributed by atoms with Gasteiger partial charge in [0.1, 0.15) is 0 Å². The van der Waals surface area contributed by atoms with Gasteiger partial charge in [-0.25, -0.2) is 0 Å². The molecule has 0 aromatic heterocycles. The van der Waals surface area contributed by atoms with Gasteiger partial charge in [-0.05, 0) is 59.4 Å². The standard InChI is InChI=1S/C14H27NO/c1-12(13-7-10-16-11-8-13)6-5-9-15-14(2,3)4/h6,13,15H,5,7-11H2,1-4H3. The van der Waals surface area contributed by atoms with Gasteiger partial charge < -0.3 is 10.1 Å². The molecule has 94 valence electrons. The van der Waals surface area contributed by atoms with Crippen LogP contribution in [0.3, 0.4) is 0 Å². The Balaban J connectivity index is 2.22. The molecule has 0 amide bonds. The lowest BCUT2D eigenvalue weighted by Gasteiger charge is -2.23. The van der Waals surface area contributed by atoms with Crippen LogP contribution in [-0.4, -0.2) is 25.3 Å². The molecule has 0 radical (unpaired) electrons. The summed E-state index contributed by atoms with van der Waals surface area (Å²) < 4.78 is 5.38. The molecule has 0 atom stereocenters. The number of ether oxygens (including phenoxy) is 1. The number of hydrogen-bond donors (Lipinski definition) is 1. The first kappa shape index (κ1) is 13.7. The van der Waals surface area contributed by atoms with Crippen molar-refractivity contribution < 1.29 is 4.74 Å². The minimum Gasteiger partial charge on any atom is -0.381 e. The van der Waals surface area contributed by atoms with Crippen molar-refractivity contribution in [1.29, 1.82) is 0 Å². The van der Waals surface area contributed by atoms with Crippen LogP contribution < -0.4 is 5.32 Å². The van der Waals surface area contributed by atoms with E-state index in [2.05, 4.69) is 39.1 Å². The highest BCUT2D eigenvalue weighted by Crippen LogP contribution is 2.22. The van der Waals surface area contributed by atoms with Crippen LogP contribution in [0, 0.1) is 5.92 Å². The highest BCUT2D eigenvalue weighted by atomic mass is 16.5. The molecular weight excluding hydrogens is 198 g/mol. The number of rotatable bonds is 4. The molecule has 0 bridgehead atoms. The van der Waals surface area contributed by atoms with Crippen molar-refractivity contribution in [2.75, 3.05) is 19.8 Å². The van der Waals surface area contributed by atoms with Crippen LogP contribution in [0.1, 0.15) is 47.0 Å². The summed E-state index contributed by atoms with van der Waals surface area (Å²) in [6, 6.07) is 0. The van der Waals surface area contributed by atoms with Gasteiger partial charge in [0.2, 0.25) is 0 Å². The average Bonchev–Trinajstić information content (AvgIpc) is 2.24. The molecule has 1 aliphatic rings. The van der Waals surface area contributed by atoms with Crippen LogP contribution in [0.25, 0.3) is 0 Å². The van der Waals surface area contributed by atoms with Gasteiger partial charge in [-0.2, -0.15) is 0 Å². The maximum atomic E-state index is 5.38. The van der Waals surface area contributed by atoms with Crippen LogP contribution in [0.5, 0.6) is 0 Å². The molecule has 0 aromatic rings. The lowest BCUT2D eigenvalue weighted by Crippen LogP contribution is -2.36. The van der Waals surface area contributed by atoms with E-state index in [4.69, 9.17) is 4.74 Å². The van der Waals surface area contributed by atoms with Crippen molar-refractivity contribution in [3.63, 3.8) is 0 Å². The van der Waals surface area contributed by atoms with Crippen LogP contribution in [-0.2, 0) is 4.74 Å². The van der Waals surface area contributed by atoms with E-state index in [1.807, 2.05) is 0 Å². The second-order valence-corrected chi connectivity index (χ2v) is 5.80. The smallest absolute Gasteiger partial charge is 0.0471 e. The van der Waals surface area contributed by atoms with E-state index < -0.39 is 0 Å². The fraction of sp³-hybridized carbons (Fsp3) is 0.857. The topological polar surface area (TPSA) is 21.3 Å². The van der Waals surface area contributed by atoms with Crippen LogP contribution in [0.2, 0.25) is 0 Å². The van der Waals surface area contributed by atoms with Crippen molar-refractivity contribution >= 4 is 0 Å². The molecule has 1 rings (SSSR count). The Morgan fingerprint density at radius 1 is 1.31 bits per heavy atom. The highest BCUT2D eigenvalue weighted by Gasteiger charge is 2.14. The first-order valence-corrected chi connectivity index (χ1v) is 6.48. The summed E-state index contributed by atoms with van der Waals surface area (Å²) >= 11 is 0. The Morgan fingerprint density at radius 2 is 1.94 bits per heavy atom. The summed E-state index contributed by atoms with van der Waals surface area (Å²) in [7, 11) is 0. The number of hydrogen-bond acceptors (Lipinski definition) is 2. The molecule has 1 heterocycles. The normalized spacial score (nSPS) is 20.1.